The molecule has 0 radical (unpaired) electrons. The van der Waals surface area contributed by atoms with Gasteiger partial charge in [-0.3, -0.25) is 9.59 Å². The van der Waals surface area contributed by atoms with Crippen molar-refractivity contribution >= 4 is 11.8 Å². The third-order valence-electron chi connectivity index (χ3n) is 4.77. The fourth-order valence-electron chi connectivity index (χ4n) is 3.20. The van der Waals surface area contributed by atoms with Gasteiger partial charge in [-0.15, -0.1) is 0 Å². The van der Waals surface area contributed by atoms with Gasteiger partial charge in [0, 0.05) is 31.6 Å². The Kier molecular flexibility index (Phi) is 5.77. The van der Waals surface area contributed by atoms with Crippen LogP contribution in [0.15, 0.2) is 18.2 Å². The van der Waals surface area contributed by atoms with E-state index >= 15 is 0 Å². The van der Waals surface area contributed by atoms with E-state index in [0.717, 1.165) is 12.1 Å². The van der Waals surface area contributed by atoms with Gasteiger partial charge in [0.1, 0.15) is 11.6 Å². The Bertz CT molecular complexity index is 643. The first kappa shape index (κ1) is 19.3. The highest BCUT2D eigenvalue weighted by molar-refractivity contribution is 5.79. The molecule has 5 nitrogen and oxygen atoms in total. The molecular weight excluding hydrogens is 328 g/mol. The molecule has 2 rings (SSSR count). The monoisotopic (exact) mass is 353 g/mol. The van der Waals surface area contributed by atoms with Gasteiger partial charge in [-0.25, -0.2) is 8.78 Å². The SMILES string of the molecule is CC(=O)NC(CC(=O)N1CCC(N)C(C)(C)C1)c1c(F)cccc1F. The highest BCUT2D eigenvalue weighted by Crippen LogP contribution is 2.30. The van der Waals surface area contributed by atoms with Gasteiger partial charge in [0.25, 0.3) is 0 Å². The van der Waals surface area contributed by atoms with Crippen LogP contribution in [-0.2, 0) is 9.59 Å². The molecule has 0 saturated carbocycles. The molecule has 1 aliphatic heterocycles. The highest BCUT2D eigenvalue weighted by Gasteiger charge is 2.36. The van der Waals surface area contributed by atoms with Crippen molar-refractivity contribution in [1.82, 2.24) is 10.2 Å². The summed E-state index contributed by atoms with van der Waals surface area (Å²) in [4.78, 5) is 25.8. The molecule has 1 heterocycles. The minimum atomic E-state index is -1.05. The summed E-state index contributed by atoms with van der Waals surface area (Å²) in [5.74, 6) is -2.29. The van der Waals surface area contributed by atoms with Crippen LogP contribution in [0.5, 0.6) is 0 Å². The van der Waals surface area contributed by atoms with Crippen LogP contribution in [-0.4, -0.2) is 35.8 Å². The van der Waals surface area contributed by atoms with Crippen molar-refractivity contribution < 1.29 is 18.4 Å². The number of carbonyl (C=O) groups excluding carboxylic acids is 2. The molecule has 0 bridgehead atoms. The predicted octanol–water partition coefficient (Wildman–Crippen LogP) is 2.12. The van der Waals surface area contributed by atoms with Crippen molar-refractivity contribution in [1.29, 1.82) is 0 Å². The minimum Gasteiger partial charge on any atom is -0.349 e. The lowest BCUT2D eigenvalue weighted by Gasteiger charge is -2.43. The van der Waals surface area contributed by atoms with Crippen molar-refractivity contribution in [2.24, 2.45) is 11.1 Å². The first-order chi connectivity index (χ1) is 11.6. The van der Waals surface area contributed by atoms with Gasteiger partial charge in [-0.2, -0.15) is 0 Å². The Balaban J connectivity index is 2.20. The number of halogens is 2. The highest BCUT2D eigenvalue weighted by atomic mass is 19.1. The molecule has 2 atom stereocenters. The summed E-state index contributed by atoms with van der Waals surface area (Å²) in [6.45, 7) is 6.19. The summed E-state index contributed by atoms with van der Waals surface area (Å²) >= 11 is 0. The number of likely N-dealkylation sites (tertiary alicyclic amines) is 1. The van der Waals surface area contributed by atoms with E-state index < -0.39 is 23.6 Å². The second-order valence-electron chi connectivity index (χ2n) is 7.29. The second-order valence-corrected chi connectivity index (χ2v) is 7.29. The van der Waals surface area contributed by atoms with Gasteiger partial charge in [0.2, 0.25) is 11.8 Å². The number of carbonyl (C=O) groups is 2. The molecule has 2 amide bonds. The van der Waals surface area contributed by atoms with Gasteiger partial charge in [-0.1, -0.05) is 19.9 Å². The largest absolute Gasteiger partial charge is 0.349 e. The van der Waals surface area contributed by atoms with E-state index in [1.165, 1.54) is 13.0 Å². The van der Waals surface area contributed by atoms with Crippen molar-refractivity contribution in [3.63, 3.8) is 0 Å². The van der Waals surface area contributed by atoms with Crippen molar-refractivity contribution in [2.75, 3.05) is 13.1 Å². The van der Waals surface area contributed by atoms with Gasteiger partial charge in [-0.05, 0) is 24.0 Å². The summed E-state index contributed by atoms with van der Waals surface area (Å²) in [6.07, 6.45) is 0.459. The van der Waals surface area contributed by atoms with E-state index in [1.807, 2.05) is 13.8 Å². The van der Waals surface area contributed by atoms with Crippen molar-refractivity contribution in [3.8, 4) is 0 Å². The Morgan fingerprint density at radius 2 is 1.96 bits per heavy atom. The van der Waals surface area contributed by atoms with Gasteiger partial charge in [0.05, 0.1) is 12.5 Å². The molecule has 1 aromatic carbocycles. The first-order valence-corrected chi connectivity index (χ1v) is 8.36. The Morgan fingerprint density at radius 1 is 1.36 bits per heavy atom. The molecule has 7 heteroatoms. The first-order valence-electron chi connectivity index (χ1n) is 8.36. The molecule has 138 valence electrons. The Labute approximate surface area is 146 Å². The summed E-state index contributed by atoms with van der Waals surface area (Å²) in [7, 11) is 0. The van der Waals surface area contributed by atoms with Gasteiger partial charge >= 0.3 is 0 Å². The number of rotatable bonds is 4. The van der Waals surface area contributed by atoms with E-state index in [-0.39, 0.29) is 29.3 Å². The zero-order valence-corrected chi connectivity index (χ0v) is 14.8. The summed E-state index contributed by atoms with van der Waals surface area (Å²) in [5.41, 5.74) is 5.55. The van der Waals surface area contributed by atoms with Gasteiger partial charge < -0.3 is 16.0 Å². The maximum atomic E-state index is 14.1. The summed E-state index contributed by atoms with van der Waals surface area (Å²) in [5, 5.41) is 2.49. The average molecular weight is 353 g/mol. The van der Waals surface area contributed by atoms with Crippen LogP contribution in [0, 0.1) is 17.0 Å². The fourth-order valence-corrected chi connectivity index (χ4v) is 3.20. The van der Waals surface area contributed by atoms with Crippen LogP contribution < -0.4 is 11.1 Å². The van der Waals surface area contributed by atoms with Crippen LogP contribution in [0.2, 0.25) is 0 Å². The molecule has 1 fully saturated rings. The third kappa shape index (κ3) is 4.54. The van der Waals surface area contributed by atoms with E-state index in [9.17, 15) is 18.4 Å². The fraction of sp³-hybridized carbons (Fsp3) is 0.556. The van der Waals surface area contributed by atoms with Crippen LogP contribution in [0.4, 0.5) is 8.78 Å². The molecule has 25 heavy (non-hydrogen) atoms. The van der Waals surface area contributed by atoms with Crippen molar-refractivity contribution in [3.05, 3.63) is 35.4 Å². The van der Waals surface area contributed by atoms with Gasteiger partial charge in [0.15, 0.2) is 0 Å². The summed E-state index contributed by atoms with van der Waals surface area (Å²) < 4.78 is 28.2. The quantitative estimate of drug-likeness (QED) is 0.871. The second kappa shape index (κ2) is 7.47. The smallest absolute Gasteiger partial charge is 0.225 e. The topological polar surface area (TPSA) is 75.4 Å². The van der Waals surface area contributed by atoms with Crippen LogP contribution >= 0.6 is 0 Å². The van der Waals surface area contributed by atoms with E-state index in [0.29, 0.717) is 19.5 Å². The lowest BCUT2D eigenvalue weighted by atomic mass is 9.79. The molecular formula is C18H25F2N3O2. The molecule has 3 N–H and O–H groups in total. The molecule has 0 aromatic heterocycles. The lowest BCUT2D eigenvalue weighted by Crippen LogP contribution is -2.54. The van der Waals surface area contributed by atoms with Crippen LogP contribution in [0.25, 0.3) is 0 Å². The molecule has 1 aliphatic rings. The molecule has 1 saturated heterocycles. The number of benzene rings is 1. The minimum absolute atomic E-state index is 0.00768. The molecule has 2 unspecified atom stereocenters. The number of nitrogens with one attached hydrogen (secondary N) is 1. The predicted molar refractivity (Wildman–Crippen MR) is 90.5 cm³/mol. The van der Waals surface area contributed by atoms with E-state index in [1.54, 1.807) is 4.90 Å². The van der Waals surface area contributed by atoms with Crippen LogP contribution in [0.1, 0.15) is 45.2 Å². The normalized spacial score (nSPS) is 20.9. The zero-order valence-electron chi connectivity index (χ0n) is 14.8. The number of nitrogens with two attached hydrogens (primary N) is 1. The zero-order chi connectivity index (χ0) is 18.8. The number of hydrogen-bond acceptors (Lipinski definition) is 3. The Morgan fingerprint density at radius 3 is 2.48 bits per heavy atom. The molecule has 0 aliphatic carbocycles. The molecule has 1 aromatic rings. The molecule has 0 spiro atoms. The van der Waals surface area contributed by atoms with Crippen LogP contribution in [0.3, 0.4) is 0 Å². The number of amides is 2. The average Bonchev–Trinajstić information content (AvgIpc) is 2.49. The maximum Gasteiger partial charge on any atom is 0.225 e. The van der Waals surface area contributed by atoms with E-state index in [4.69, 9.17) is 5.73 Å². The van der Waals surface area contributed by atoms with Crippen molar-refractivity contribution in [2.45, 2.75) is 45.7 Å². The Hall–Kier alpha value is -2.02. The lowest BCUT2D eigenvalue weighted by molar-refractivity contribution is -0.135. The number of nitrogens with zero attached hydrogens (tertiary/aromatic N) is 1. The number of piperidine rings is 1. The summed E-state index contributed by atoms with van der Waals surface area (Å²) in [6, 6.07) is 2.41. The maximum absolute atomic E-state index is 14.1. The third-order valence-corrected chi connectivity index (χ3v) is 4.77. The van der Waals surface area contributed by atoms with E-state index in [2.05, 4.69) is 5.32 Å². The number of hydrogen-bond donors (Lipinski definition) is 2. The standard InChI is InChI=1S/C18H25F2N3O2/c1-11(24)22-14(17-12(19)5-4-6-13(17)20)9-16(25)23-8-7-15(21)18(2,3)10-23/h4-6,14-15H,7-10,21H2,1-3H3,(H,22,24).